The van der Waals surface area contributed by atoms with Gasteiger partial charge in [-0.3, -0.25) is 9.80 Å². The van der Waals surface area contributed by atoms with Gasteiger partial charge in [-0.25, -0.2) is 4.39 Å². The van der Waals surface area contributed by atoms with Crippen LogP contribution in [0, 0.1) is 5.82 Å². The summed E-state index contributed by atoms with van der Waals surface area (Å²) in [5.41, 5.74) is 7.45. The predicted octanol–water partition coefficient (Wildman–Crippen LogP) is 2.13. The monoisotopic (exact) mass is 307 g/mol. The summed E-state index contributed by atoms with van der Waals surface area (Å²) in [6.07, 6.45) is 3.96. The molecule has 2 aliphatic heterocycles. The predicted molar refractivity (Wildman–Crippen MR) is 86.8 cm³/mol. The molecule has 2 N–H and O–H groups in total. The van der Waals surface area contributed by atoms with E-state index in [1.54, 1.807) is 0 Å². The largest absolute Gasteiger partial charge is 0.389 e. The van der Waals surface area contributed by atoms with Gasteiger partial charge in [0.15, 0.2) is 0 Å². The number of halogens is 1. The molecule has 1 unspecified atom stereocenters. The van der Waals surface area contributed by atoms with E-state index >= 15 is 0 Å². The van der Waals surface area contributed by atoms with Crippen LogP contribution in [0.1, 0.15) is 30.4 Å². The van der Waals surface area contributed by atoms with E-state index in [9.17, 15) is 4.39 Å². The van der Waals surface area contributed by atoms with Gasteiger partial charge in [0.2, 0.25) is 0 Å². The number of thiocarbonyl (C=S) groups is 1. The molecule has 2 aliphatic rings. The van der Waals surface area contributed by atoms with E-state index in [1.807, 2.05) is 6.07 Å². The lowest BCUT2D eigenvalue weighted by atomic mass is 9.98. The van der Waals surface area contributed by atoms with Crippen molar-refractivity contribution < 1.29 is 4.39 Å². The highest BCUT2D eigenvalue weighted by molar-refractivity contribution is 7.80. The average molecular weight is 307 g/mol. The van der Waals surface area contributed by atoms with Gasteiger partial charge in [0.1, 0.15) is 10.8 Å². The summed E-state index contributed by atoms with van der Waals surface area (Å²) in [5.74, 6) is -0.279. The summed E-state index contributed by atoms with van der Waals surface area (Å²) < 4.78 is 13.4. The maximum Gasteiger partial charge on any atom is 0.123 e. The molecule has 2 heterocycles. The fourth-order valence-electron chi connectivity index (χ4n) is 3.52. The minimum atomic E-state index is -0.279. The maximum absolute atomic E-state index is 13.4. The van der Waals surface area contributed by atoms with Crippen LogP contribution in [0.4, 0.5) is 4.39 Å². The molecule has 0 amide bonds. The van der Waals surface area contributed by atoms with Crippen LogP contribution in [0.15, 0.2) is 18.2 Å². The summed E-state index contributed by atoms with van der Waals surface area (Å²) in [6, 6.07) is 5.45. The van der Waals surface area contributed by atoms with E-state index < -0.39 is 0 Å². The molecule has 0 bridgehead atoms. The Bertz CT molecular complexity index is 534. The molecule has 1 atom stereocenters. The van der Waals surface area contributed by atoms with Gasteiger partial charge >= 0.3 is 0 Å². The molecular weight excluding hydrogens is 285 g/mol. The number of benzene rings is 1. The van der Waals surface area contributed by atoms with Gasteiger partial charge < -0.3 is 5.73 Å². The molecule has 3 rings (SSSR count). The number of rotatable bonds is 3. The summed E-state index contributed by atoms with van der Waals surface area (Å²) in [7, 11) is 0. The molecular formula is C16H22FN3S. The molecule has 0 aromatic heterocycles. The third kappa shape index (κ3) is 3.42. The van der Waals surface area contributed by atoms with E-state index in [-0.39, 0.29) is 10.8 Å². The Morgan fingerprint density at radius 3 is 2.95 bits per heavy atom. The van der Waals surface area contributed by atoms with Gasteiger partial charge in [-0.1, -0.05) is 24.7 Å². The molecule has 1 aromatic carbocycles. The third-order valence-electron chi connectivity index (χ3n) is 4.65. The number of fused-ring (bicyclic) bond motifs is 1. The lowest BCUT2D eigenvalue weighted by Crippen LogP contribution is -2.54. The second-order valence-corrected chi connectivity index (χ2v) is 6.53. The van der Waals surface area contributed by atoms with Crippen molar-refractivity contribution in [2.24, 2.45) is 5.73 Å². The smallest absolute Gasteiger partial charge is 0.123 e. The van der Waals surface area contributed by atoms with Crippen molar-refractivity contribution >= 4 is 17.2 Å². The van der Waals surface area contributed by atoms with Crippen LogP contribution in [-0.2, 0) is 6.54 Å². The van der Waals surface area contributed by atoms with E-state index in [0.29, 0.717) is 11.6 Å². The van der Waals surface area contributed by atoms with Crippen molar-refractivity contribution in [3.05, 3.63) is 35.1 Å². The van der Waals surface area contributed by atoms with Crippen molar-refractivity contribution in [3.63, 3.8) is 0 Å². The zero-order valence-corrected chi connectivity index (χ0v) is 13.0. The van der Waals surface area contributed by atoms with Gasteiger partial charge in [0, 0.05) is 37.8 Å². The van der Waals surface area contributed by atoms with Crippen LogP contribution in [0.25, 0.3) is 0 Å². The van der Waals surface area contributed by atoms with Crippen molar-refractivity contribution in [1.29, 1.82) is 0 Å². The third-order valence-corrected chi connectivity index (χ3v) is 4.87. The Kier molecular flexibility index (Phi) is 4.52. The Hall–Kier alpha value is -1.04. The highest BCUT2D eigenvalue weighted by Crippen LogP contribution is 2.23. The SMILES string of the molecule is NC(=S)c1cc(F)ccc1CN1CCN2CCCCC2C1. The van der Waals surface area contributed by atoms with Gasteiger partial charge in [0.25, 0.3) is 0 Å². The lowest BCUT2D eigenvalue weighted by Gasteiger charge is -2.44. The molecule has 114 valence electrons. The summed E-state index contributed by atoms with van der Waals surface area (Å²) in [4.78, 5) is 5.33. The van der Waals surface area contributed by atoms with Crippen LogP contribution >= 0.6 is 12.2 Å². The van der Waals surface area contributed by atoms with Crippen LogP contribution < -0.4 is 5.73 Å². The first-order chi connectivity index (χ1) is 10.1. The zero-order valence-electron chi connectivity index (χ0n) is 12.2. The van der Waals surface area contributed by atoms with Crippen LogP contribution in [-0.4, -0.2) is 47.0 Å². The number of hydrogen-bond acceptors (Lipinski definition) is 3. The van der Waals surface area contributed by atoms with E-state index in [4.69, 9.17) is 18.0 Å². The molecule has 2 fully saturated rings. The number of piperazine rings is 1. The average Bonchev–Trinajstić information content (AvgIpc) is 2.49. The van der Waals surface area contributed by atoms with E-state index in [0.717, 1.165) is 31.7 Å². The van der Waals surface area contributed by atoms with Crippen LogP contribution in [0.3, 0.4) is 0 Å². The van der Waals surface area contributed by atoms with E-state index in [2.05, 4.69) is 9.80 Å². The number of nitrogens with two attached hydrogens (primary N) is 1. The molecule has 5 heteroatoms. The number of hydrogen-bond donors (Lipinski definition) is 1. The highest BCUT2D eigenvalue weighted by Gasteiger charge is 2.29. The van der Waals surface area contributed by atoms with Crippen LogP contribution in [0.2, 0.25) is 0 Å². The first-order valence-corrected chi connectivity index (χ1v) is 8.09. The molecule has 1 aromatic rings. The summed E-state index contributed by atoms with van der Waals surface area (Å²) >= 11 is 5.05. The van der Waals surface area contributed by atoms with Gasteiger partial charge in [-0.05, 0) is 37.1 Å². The maximum atomic E-state index is 13.4. The lowest BCUT2D eigenvalue weighted by molar-refractivity contribution is 0.0456. The number of piperidine rings is 1. The summed E-state index contributed by atoms with van der Waals surface area (Å²) in [6.45, 7) is 5.33. The van der Waals surface area contributed by atoms with Gasteiger partial charge in [-0.15, -0.1) is 0 Å². The fourth-order valence-corrected chi connectivity index (χ4v) is 3.71. The topological polar surface area (TPSA) is 32.5 Å². The second kappa shape index (κ2) is 6.38. The standard InChI is InChI=1S/C16H22FN3S/c17-13-5-4-12(15(9-13)16(18)21)10-19-7-8-20-6-2-1-3-14(20)11-19/h4-5,9,14H,1-3,6-8,10-11H2,(H2,18,21). The Morgan fingerprint density at radius 2 is 2.14 bits per heavy atom. The second-order valence-electron chi connectivity index (χ2n) is 6.09. The van der Waals surface area contributed by atoms with Gasteiger partial charge in [-0.2, -0.15) is 0 Å². The minimum absolute atomic E-state index is 0.279. The Labute approximate surface area is 130 Å². The molecule has 0 radical (unpaired) electrons. The molecule has 0 saturated carbocycles. The quantitative estimate of drug-likeness (QED) is 0.867. The summed E-state index contributed by atoms with van der Waals surface area (Å²) in [5, 5.41) is 0. The molecule has 3 nitrogen and oxygen atoms in total. The Balaban J connectivity index is 1.71. The molecule has 21 heavy (non-hydrogen) atoms. The first kappa shape index (κ1) is 14.9. The van der Waals surface area contributed by atoms with Crippen molar-refractivity contribution in [1.82, 2.24) is 9.80 Å². The van der Waals surface area contributed by atoms with Crippen molar-refractivity contribution in [2.45, 2.75) is 31.8 Å². The van der Waals surface area contributed by atoms with Crippen molar-refractivity contribution in [2.75, 3.05) is 26.2 Å². The van der Waals surface area contributed by atoms with Gasteiger partial charge in [0.05, 0.1) is 0 Å². The van der Waals surface area contributed by atoms with Crippen LogP contribution in [0.5, 0.6) is 0 Å². The number of nitrogens with zero attached hydrogens (tertiary/aromatic N) is 2. The molecule has 2 saturated heterocycles. The first-order valence-electron chi connectivity index (χ1n) is 7.68. The van der Waals surface area contributed by atoms with E-state index in [1.165, 1.54) is 37.9 Å². The highest BCUT2D eigenvalue weighted by atomic mass is 32.1. The normalized spacial score (nSPS) is 23.8. The molecule has 0 spiro atoms. The fraction of sp³-hybridized carbons (Fsp3) is 0.562. The zero-order chi connectivity index (χ0) is 14.8. The molecule has 0 aliphatic carbocycles. The van der Waals surface area contributed by atoms with Crippen molar-refractivity contribution in [3.8, 4) is 0 Å². The minimum Gasteiger partial charge on any atom is -0.389 e. The Morgan fingerprint density at radius 1 is 1.29 bits per heavy atom.